The summed E-state index contributed by atoms with van der Waals surface area (Å²) in [6.07, 6.45) is 2.00. The van der Waals surface area contributed by atoms with Crippen molar-refractivity contribution < 1.29 is 19.6 Å². The average molecular weight is 297 g/mol. The summed E-state index contributed by atoms with van der Waals surface area (Å²) in [7, 11) is 0. The third-order valence-corrected chi connectivity index (χ3v) is 2.97. The molecule has 0 atom stereocenters. The Bertz CT molecular complexity index is 550. The van der Waals surface area contributed by atoms with Crippen LogP contribution in [-0.4, -0.2) is 44.0 Å². The van der Waals surface area contributed by atoms with E-state index in [0.717, 1.165) is 0 Å². The lowest BCUT2D eigenvalue weighted by Crippen LogP contribution is -2.41. The van der Waals surface area contributed by atoms with E-state index in [4.69, 9.17) is 5.11 Å². The first-order valence-corrected chi connectivity index (χ1v) is 6.65. The summed E-state index contributed by atoms with van der Waals surface area (Å²) < 4.78 is 1.50. The van der Waals surface area contributed by atoms with Crippen LogP contribution in [0.5, 0.6) is 0 Å². The van der Waals surface area contributed by atoms with Gasteiger partial charge in [-0.25, -0.2) is 0 Å². The highest BCUT2D eigenvalue weighted by Crippen LogP contribution is 2.19. The lowest BCUT2D eigenvalue weighted by atomic mass is 10.2. The first kappa shape index (κ1) is 16.7. The number of carboxylic acid groups (broad SMARTS) is 1. The Hall–Kier alpha value is -2.38. The predicted molar refractivity (Wildman–Crippen MR) is 75.2 cm³/mol. The molecule has 116 valence electrons. The van der Waals surface area contributed by atoms with E-state index < -0.39 is 23.3 Å². The number of amides is 1. The van der Waals surface area contributed by atoms with Gasteiger partial charge < -0.3 is 14.6 Å². The molecule has 0 radical (unpaired) electrons. The summed E-state index contributed by atoms with van der Waals surface area (Å²) in [4.78, 5) is 34.8. The number of nitrogens with zero attached hydrogens (tertiary/aromatic N) is 3. The van der Waals surface area contributed by atoms with Crippen molar-refractivity contribution in [2.75, 3.05) is 6.54 Å². The quantitative estimate of drug-likeness (QED) is 0.609. The molecule has 0 unspecified atom stereocenters. The molecule has 1 aromatic rings. The van der Waals surface area contributed by atoms with E-state index in [2.05, 4.69) is 0 Å². The molecule has 1 amide bonds. The van der Waals surface area contributed by atoms with Gasteiger partial charge in [-0.2, -0.15) is 0 Å². The second-order valence-corrected chi connectivity index (χ2v) is 4.95. The molecule has 1 heterocycles. The van der Waals surface area contributed by atoms with Crippen molar-refractivity contribution in [3.8, 4) is 0 Å². The van der Waals surface area contributed by atoms with Crippen molar-refractivity contribution in [3.63, 3.8) is 0 Å². The van der Waals surface area contributed by atoms with Crippen LogP contribution in [0.4, 0.5) is 5.69 Å². The minimum atomic E-state index is -1.12. The number of carboxylic acids is 1. The second-order valence-electron chi connectivity index (χ2n) is 4.95. The van der Waals surface area contributed by atoms with Crippen molar-refractivity contribution >= 4 is 17.6 Å². The van der Waals surface area contributed by atoms with Gasteiger partial charge in [-0.1, -0.05) is 6.92 Å². The van der Waals surface area contributed by atoms with Gasteiger partial charge in [0.05, 0.1) is 11.1 Å². The van der Waals surface area contributed by atoms with E-state index in [1.54, 1.807) is 13.8 Å². The molecule has 0 aliphatic heterocycles. The van der Waals surface area contributed by atoms with Gasteiger partial charge in [0, 0.05) is 18.7 Å². The maximum absolute atomic E-state index is 12.5. The fourth-order valence-corrected chi connectivity index (χ4v) is 1.98. The Kier molecular flexibility index (Phi) is 5.45. The van der Waals surface area contributed by atoms with Crippen LogP contribution >= 0.6 is 0 Å². The van der Waals surface area contributed by atoms with E-state index in [1.807, 2.05) is 6.92 Å². The van der Waals surface area contributed by atoms with E-state index in [1.165, 1.54) is 21.7 Å². The lowest BCUT2D eigenvalue weighted by Gasteiger charge is -2.25. The van der Waals surface area contributed by atoms with Crippen LogP contribution in [0.25, 0.3) is 0 Å². The van der Waals surface area contributed by atoms with Gasteiger partial charge in [0.1, 0.15) is 12.2 Å². The number of nitro groups is 1. The zero-order valence-electron chi connectivity index (χ0n) is 12.3. The number of hydrogen-bond donors (Lipinski definition) is 1. The number of rotatable bonds is 7. The number of carbonyl (C=O) groups excluding carboxylic acids is 1. The monoisotopic (exact) mass is 297 g/mol. The standard InChI is InChI=1S/C13H19N3O5/c1-4-5-14-7-10(16(20)21)6-11(14)13(19)15(9(2)3)8-12(17)18/h6-7,9H,4-5,8H2,1-3H3,(H,17,18). The van der Waals surface area contributed by atoms with Crippen molar-refractivity contribution in [1.82, 2.24) is 9.47 Å². The average Bonchev–Trinajstić information content (AvgIpc) is 2.79. The largest absolute Gasteiger partial charge is 0.480 e. The summed E-state index contributed by atoms with van der Waals surface area (Å²) in [6.45, 7) is 5.29. The Morgan fingerprint density at radius 2 is 2.10 bits per heavy atom. The van der Waals surface area contributed by atoms with Gasteiger partial charge in [0.2, 0.25) is 0 Å². The number of carbonyl (C=O) groups is 2. The zero-order chi connectivity index (χ0) is 16.2. The van der Waals surface area contributed by atoms with Gasteiger partial charge in [-0.15, -0.1) is 0 Å². The number of aromatic nitrogens is 1. The van der Waals surface area contributed by atoms with Crippen molar-refractivity contribution in [2.45, 2.75) is 39.8 Å². The Balaban J connectivity index is 3.19. The van der Waals surface area contributed by atoms with E-state index in [-0.39, 0.29) is 17.4 Å². The topological polar surface area (TPSA) is 106 Å². The SMILES string of the molecule is CCCn1cc([N+](=O)[O-])cc1C(=O)N(CC(=O)O)C(C)C. The first-order chi connectivity index (χ1) is 9.77. The Morgan fingerprint density at radius 3 is 2.52 bits per heavy atom. The van der Waals surface area contributed by atoms with Crippen LogP contribution in [0.3, 0.4) is 0 Å². The highest BCUT2D eigenvalue weighted by molar-refractivity contribution is 5.95. The van der Waals surface area contributed by atoms with E-state index in [9.17, 15) is 19.7 Å². The molecule has 0 fully saturated rings. The fourth-order valence-electron chi connectivity index (χ4n) is 1.98. The predicted octanol–water partition coefficient (Wildman–Crippen LogP) is 1.74. The van der Waals surface area contributed by atoms with E-state index >= 15 is 0 Å². The number of aryl methyl sites for hydroxylation is 1. The molecule has 1 rings (SSSR count). The van der Waals surface area contributed by atoms with Crippen LogP contribution in [0.1, 0.15) is 37.7 Å². The smallest absolute Gasteiger partial charge is 0.323 e. The van der Waals surface area contributed by atoms with Crippen molar-refractivity contribution in [1.29, 1.82) is 0 Å². The maximum Gasteiger partial charge on any atom is 0.323 e. The van der Waals surface area contributed by atoms with E-state index in [0.29, 0.717) is 13.0 Å². The first-order valence-electron chi connectivity index (χ1n) is 6.65. The maximum atomic E-state index is 12.5. The van der Waals surface area contributed by atoms with Crippen LogP contribution in [0, 0.1) is 10.1 Å². The van der Waals surface area contributed by atoms with Crippen LogP contribution in [0.15, 0.2) is 12.3 Å². The Labute approximate surface area is 122 Å². The van der Waals surface area contributed by atoms with Crippen molar-refractivity contribution in [2.24, 2.45) is 0 Å². The highest BCUT2D eigenvalue weighted by Gasteiger charge is 2.26. The molecule has 0 aromatic carbocycles. The normalized spacial score (nSPS) is 10.7. The fraction of sp³-hybridized carbons (Fsp3) is 0.538. The highest BCUT2D eigenvalue weighted by atomic mass is 16.6. The van der Waals surface area contributed by atoms with Crippen LogP contribution < -0.4 is 0 Å². The minimum Gasteiger partial charge on any atom is -0.480 e. The summed E-state index contributed by atoms with van der Waals surface area (Å²) >= 11 is 0. The molecule has 1 N–H and O–H groups in total. The molecule has 0 aliphatic rings. The van der Waals surface area contributed by atoms with Crippen LogP contribution in [0.2, 0.25) is 0 Å². The minimum absolute atomic E-state index is 0.137. The lowest BCUT2D eigenvalue weighted by molar-refractivity contribution is -0.384. The molecule has 0 spiro atoms. The van der Waals surface area contributed by atoms with Crippen molar-refractivity contribution in [3.05, 3.63) is 28.1 Å². The molecular weight excluding hydrogens is 278 g/mol. The summed E-state index contributed by atoms with van der Waals surface area (Å²) in [5, 5.41) is 19.7. The molecule has 1 aromatic heterocycles. The second kappa shape index (κ2) is 6.87. The number of aliphatic carboxylic acids is 1. The Morgan fingerprint density at radius 1 is 1.48 bits per heavy atom. The van der Waals surface area contributed by atoms with Crippen LogP contribution in [-0.2, 0) is 11.3 Å². The third-order valence-electron chi connectivity index (χ3n) is 2.97. The molecule has 0 saturated carbocycles. The third kappa shape index (κ3) is 4.04. The molecule has 8 heteroatoms. The molecule has 8 nitrogen and oxygen atoms in total. The van der Waals surface area contributed by atoms with Gasteiger partial charge in [0.15, 0.2) is 0 Å². The molecule has 21 heavy (non-hydrogen) atoms. The molecule has 0 bridgehead atoms. The molecular formula is C13H19N3O5. The number of hydrogen-bond acceptors (Lipinski definition) is 4. The molecule has 0 saturated heterocycles. The summed E-state index contributed by atoms with van der Waals surface area (Å²) in [5.74, 6) is -1.64. The van der Waals surface area contributed by atoms with Gasteiger partial charge in [0.25, 0.3) is 11.6 Å². The van der Waals surface area contributed by atoms with Gasteiger partial charge >= 0.3 is 5.97 Å². The summed E-state index contributed by atoms with van der Waals surface area (Å²) in [5.41, 5.74) is -0.0377. The van der Waals surface area contributed by atoms with Gasteiger partial charge in [-0.3, -0.25) is 19.7 Å². The summed E-state index contributed by atoms with van der Waals surface area (Å²) in [6, 6.07) is 0.868. The zero-order valence-corrected chi connectivity index (χ0v) is 12.3. The van der Waals surface area contributed by atoms with Gasteiger partial charge in [-0.05, 0) is 20.3 Å². The molecule has 0 aliphatic carbocycles.